The molecule has 1 N–H and O–H groups in total. The fourth-order valence-corrected chi connectivity index (χ4v) is 2.72. The smallest absolute Gasteiger partial charge is 0.270 e. The molecule has 0 saturated heterocycles. The fraction of sp³-hybridized carbons (Fsp3) is 0.0500. The molecule has 0 spiro atoms. The Balaban J connectivity index is 1.70. The lowest BCUT2D eigenvalue weighted by Crippen LogP contribution is -2.24. The number of nitrogens with zero attached hydrogens (tertiary/aromatic N) is 4. The Kier molecular flexibility index (Phi) is 4.30. The number of pyridine rings is 4. The molecule has 1 amide bonds. The Morgan fingerprint density at radius 2 is 1.81 bits per heavy atom. The predicted molar refractivity (Wildman–Crippen MR) is 98.2 cm³/mol. The van der Waals surface area contributed by atoms with Crippen molar-refractivity contribution in [3.63, 3.8) is 0 Å². The maximum absolute atomic E-state index is 12.6. The monoisotopic (exact) mass is 341 g/mol. The van der Waals surface area contributed by atoms with E-state index in [1.807, 2.05) is 30.3 Å². The highest BCUT2D eigenvalue weighted by Crippen LogP contribution is 2.27. The third-order valence-corrected chi connectivity index (χ3v) is 3.99. The van der Waals surface area contributed by atoms with E-state index in [0.717, 1.165) is 27.7 Å². The van der Waals surface area contributed by atoms with Gasteiger partial charge in [-0.05, 0) is 47.5 Å². The van der Waals surface area contributed by atoms with Crippen molar-refractivity contribution in [3.05, 3.63) is 84.8 Å². The van der Waals surface area contributed by atoms with Gasteiger partial charge in [0.05, 0.1) is 17.8 Å². The molecule has 4 heterocycles. The summed E-state index contributed by atoms with van der Waals surface area (Å²) in [5.74, 6) is -0.246. The number of hydrogen-bond acceptors (Lipinski definition) is 5. The molecule has 6 heteroatoms. The van der Waals surface area contributed by atoms with Crippen LogP contribution in [0, 0.1) is 0 Å². The van der Waals surface area contributed by atoms with E-state index in [0.29, 0.717) is 12.2 Å². The molecule has 4 aromatic rings. The van der Waals surface area contributed by atoms with E-state index in [1.54, 1.807) is 43.1 Å². The van der Waals surface area contributed by atoms with Crippen LogP contribution in [0.4, 0.5) is 0 Å². The number of amides is 1. The zero-order valence-electron chi connectivity index (χ0n) is 13.8. The number of aromatic nitrogens is 4. The van der Waals surface area contributed by atoms with E-state index < -0.39 is 0 Å². The average Bonchev–Trinajstić information content (AvgIpc) is 2.72. The van der Waals surface area contributed by atoms with Gasteiger partial charge in [0.2, 0.25) is 0 Å². The van der Waals surface area contributed by atoms with E-state index in [2.05, 4.69) is 25.3 Å². The number of fused-ring (bicyclic) bond motifs is 1. The van der Waals surface area contributed by atoms with Gasteiger partial charge in [-0.15, -0.1) is 0 Å². The van der Waals surface area contributed by atoms with Crippen LogP contribution >= 0.6 is 0 Å². The summed E-state index contributed by atoms with van der Waals surface area (Å²) < 4.78 is 0. The van der Waals surface area contributed by atoms with E-state index in [1.165, 1.54) is 0 Å². The van der Waals surface area contributed by atoms with E-state index >= 15 is 0 Å². The first-order valence-corrected chi connectivity index (χ1v) is 8.14. The summed E-state index contributed by atoms with van der Waals surface area (Å²) >= 11 is 0. The molecule has 26 heavy (non-hydrogen) atoms. The molecule has 0 aliphatic rings. The Hall–Kier alpha value is -3.67. The van der Waals surface area contributed by atoms with Gasteiger partial charge in [0.25, 0.3) is 5.91 Å². The zero-order valence-corrected chi connectivity index (χ0v) is 13.8. The summed E-state index contributed by atoms with van der Waals surface area (Å²) in [6, 6.07) is 13.0. The second-order valence-corrected chi connectivity index (χ2v) is 5.69. The van der Waals surface area contributed by atoms with Crippen LogP contribution in [0.25, 0.3) is 22.0 Å². The molecule has 4 rings (SSSR count). The van der Waals surface area contributed by atoms with E-state index in [9.17, 15) is 4.79 Å². The van der Waals surface area contributed by atoms with Crippen LogP contribution in [0.15, 0.2) is 73.4 Å². The van der Waals surface area contributed by atoms with Crippen LogP contribution in [0.2, 0.25) is 0 Å². The van der Waals surface area contributed by atoms with E-state index in [4.69, 9.17) is 0 Å². The number of nitrogens with one attached hydrogen (secondary N) is 1. The first kappa shape index (κ1) is 15.8. The molecule has 6 nitrogen and oxygen atoms in total. The normalized spacial score (nSPS) is 10.6. The third kappa shape index (κ3) is 3.25. The number of carbonyl (C=O) groups excluding carboxylic acids is 1. The molecule has 0 bridgehead atoms. The van der Waals surface area contributed by atoms with Crippen molar-refractivity contribution in [3.8, 4) is 11.1 Å². The van der Waals surface area contributed by atoms with Crippen LogP contribution in [-0.4, -0.2) is 25.8 Å². The summed E-state index contributed by atoms with van der Waals surface area (Å²) in [5.41, 5.74) is 3.72. The lowest BCUT2D eigenvalue weighted by molar-refractivity contribution is 0.0946. The van der Waals surface area contributed by atoms with Gasteiger partial charge in [-0.1, -0.05) is 6.07 Å². The van der Waals surface area contributed by atoms with Crippen LogP contribution in [0.1, 0.15) is 16.2 Å². The highest BCUT2D eigenvalue weighted by molar-refractivity contribution is 6.00. The quantitative estimate of drug-likeness (QED) is 0.617. The van der Waals surface area contributed by atoms with Crippen LogP contribution in [-0.2, 0) is 6.54 Å². The summed E-state index contributed by atoms with van der Waals surface area (Å²) in [4.78, 5) is 29.5. The molecule has 4 aromatic heterocycles. The summed E-state index contributed by atoms with van der Waals surface area (Å²) in [6.45, 7) is 0.348. The van der Waals surface area contributed by atoms with Crippen LogP contribution < -0.4 is 5.32 Å². The highest BCUT2D eigenvalue weighted by atomic mass is 16.1. The van der Waals surface area contributed by atoms with Crippen molar-refractivity contribution >= 4 is 16.8 Å². The molecule has 0 fully saturated rings. The van der Waals surface area contributed by atoms with Crippen molar-refractivity contribution in [1.29, 1.82) is 0 Å². The number of hydrogen-bond donors (Lipinski definition) is 1. The summed E-state index contributed by atoms with van der Waals surface area (Å²) in [5, 5.41) is 3.76. The second kappa shape index (κ2) is 7.06. The van der Waals surface area contributed by atoms with Gasteiger partial charge in [0.15, 0.2) is 0 Å². The molecule has 0 atom stereocenters. The standard InChI is InChI=1S/C20H15N5O/c26-20(24-12-15-3-1-2-7-23-15)19-11-16(14-4-8-21-9-5-14)17-13-22-10-6-18(17)25-19/h1-11,13H,12H2,(H,24,26). The largest absolute Gasteiger partial charge is 0.345 e. The molecule has 0 radical (unpaired) electrons. The van der Waals surface area contributed by atoms with Gasteiger partial charge >= 0.3 is 0 Å². The van der Waals surface area contributed by atoms with Crippen molar-refractivity contribution in [1.82, 2.24) is 25.3 Å². The average molecular weight is 341 g/mol. The Morgan fingerprint density at radius 1 is 0.962 bits per heavy atom. The molecule has 126 valence electrons. The van der Waals surface area contributed by atoms with Crippen LogP contribution in [0.5, 0.6) is 0 Å². The van der Waals surface area contributed by atoms with Gasteiger partial charge in [-0.3, -0.25) is 19.7 Å². The third-order valence-electron chi connectivity index (χ3n) is 3.99. The van der Waals surface area contributed by atoms with Gasteiger partial charge in [-0.25, -0.2) is 4.98 Å². The maximum atomic E-state index is 12.6. The molecule has 0 aliphatic carbocycles. The fourth-order valence-electron chi connectivity index (χ4n) is 2.72. The molecular weight excluding hydrogens is 326 g/mol. The molecular formula is C20H15N5O. The minimum atomic E-state index is -0.246. The van der Waals surface area contributed by atoms with Gasteiger partial charge in [0.1, 0.15) is 5.69 Å². The Bertz CT molecular complexity index is 1050. The topological polar surface area (TPSA) is 80.7 Å². The summed E-state index contributed by atoms with van der Waals surface area (Å²) in [7, 11) is 0. The highest BCUT2D eigenvalue weighted by Gasteiger charge is 2.13. The molecule has 0 aromatic carbocycles. The summed E-state index contributed by atoms with van der Waals surface area (Å²) in [6.07, 6.45) is 8.57. The molecule has 0 unspecified atom stereocenters. The maximum Gasteiger partial charge on any atom is 0.270 e. The van der Waals surface area contributed by atoms with Gasteiger partial charge in [0, 0.05) is 36.4 Å². The van der Waals surface area contributed by atoms with Crippen molar-refractivity contribution in [2.24, 2.45) is 0 Å². The van der Waals surface area contributed by atoms with E-state index in [-0.39, 0.29) is 5.91 Å². The Labute approximate surface area is 150 Å². The zero-order chi connectivity index (χ0) is 17.8. The number of rotatable bonds is 4. The lowest BCUT2D eigenvalue weighted by atomic mass is 10.0. The van der Waals surface area contributed by atoms with Crippen molar-refractivity contribution < 1.29 is 4.79 Å². The lowest BCUT2D eigenvalue weighted by Gasteiger charge is -2.10. The first-order chi connectivity index (χ1) is 12.8. The molecule has 0 saturated carbocycles. The minimum Gasteiger partial charge on any atom is -0.345 e. The van der Waals surface area contributed by atoms with Gasteiger partial charge < -0.3 is 5.32 Å². The minimum absolute atomic E-state index is 0.246. The van der Waals surface area contributed by atoms with Gasteiger partial charge in [-0.2, -0.15) is 0 Å². The SMILES string of the molecule is O=C(NCc1ccccn1)c1cc(-c2ccncc2)c2cnccc2n1. The van der Waals surface area contributed by atoms with Crippen molar-refractivity contribution in [2.45, 2.75) is 6.54 Å². The Morgan fingerprint density at radius 3 is 2.62 bits per heavy atom. The molecule has 0 aliphatic heterocycles. The van der Waals surface area contributed by atoms with Crippen LogP contribution in [0.3, 0.4) is 0 Å². The second-order valence-electron chi connectivity index (χ2n) is 5.69. The first-order valence-electron chi connectivity index (χ1n) is 8.14. The number of carbonyl (C=O) groups is 1. The van der Waals surface area contributed by atoms with Crippen molar-refractivity contribution in [2.75, 3.05) is 0 Å². The predicted octanol–water partition coefficient (Wildman–Crippen LogP) is 3.02.